The normalized spacial score (nSPS) is 20.4. The Morgan fingerprint density at radius 3 is 3.14 bits per heavy atom. The lowest BCUT2D eigenvalue weighted by atomic mass is 9.97. The summed E-state index contributed by atoms with van der Waals surface area (Å²) in [4.78, 5) is 11.4. The van der Waals surface area contributed by atoms with Gasteiger partial charge in [-0.15, -0.1) is 0 Å². The van der Waals surface area contributed by atoms with E-state index < -0.39 is 0 Å². The van der Waals surface area contributed by atoms with Crippen molar-refractivity contribution in [2.45, 2.75) is 39.3 Å². The van der Waals surface area contributed by atoms with Gasteiger partial charge in [-0.1, -0.05) is 13.8 Å². The van der Waals surface area contributed by atoms with Gasteiger partial charge in [-0.05, 0) is 37.9 Å². The van der Waals surface area contributed by atoms with E-state index in [4.69, 9.17) is 0 Å². The lowest BCUT2D eigenvalue weighted by molar-refractivity contribution is 0.162. The Morgan fingerprint density at radius 2 is 2.33 bits per heavy atom. The highest BCUT2D eigenvalue weighted by molar-refractivity contribution is 5.29. The fourth-order valence-corrected chi connectivity index (χ4v) is 3.05. The molecule has 2 aromatic rings. The molecule has 0 bridgehead atoms. The van der Waals surface area contributed by atoms with Crippen molar-refractivity contribution in [3.63, 3.8) is 0 Å². The topological polar surface area (TPSA) is 45.5 Å². The number of piperidine rings is 1. The first-order valence-corrected chi connectivity index (χ1v) is 7.95. The molecule has 2 aromatic heterocycles. The van der Waals surface area contributed by atoms with Crippen LogP contribution in [0, 0.1) is 5.92 Å². The third-order valence-corrected chi connectivity index (χ3v) is 4.09. The molecule has 21 heavy (non-hydrogen) atoms. The van der Waals surface area contributed by atoms with Gasteiger partial charge in [0.15, 0.2) is 0 Å². The summed E-state index contributed by atoms with van der Waals surface area (Å²) in [6.45, 7) is 8.83. The van der Waals surface area contributed by atoms with Gasteiger partial charge in [-0.25, -0.2) is 9.97 Å². The summed E-state index contributed by atoms with van der Waals surface area (Å²) in [5.74, 6) is 1.55. The molecule has 1 aliphatic rings. The number of hydrogen-bond acceptors (Lipinski definition) is 4. The van der Waals surface area contributed by atoms with Crippen molar-refractivity contribution >= 4 is 5.78 Å². The molecule has 1 saturated heterocycles. The summed E-state index contributed by atoms with van der Waals surface area (Å²) < 4.78 is 2.00. The van der Waals surface area contributed by atoms with Gasteiger partial charge in [0.1, 0.15) is 0 Å². The Morgan fingerprint density at radius 1 is 1.43 bits per heavy atom. The molecule has 3 rings (SSSR count). The van der Waals surface area contributed by atoms with E-state index in [0.717, 1.165) is 30.5 Å². The first-order chi connectivity index (χ1) is 10.2. The van der Waals surface area contributed by atoms with Crippen molar-refractivity contribution in [3.8, 4) is 0 Å². The average molecular weight is 287 g/mol. The highest BCUT2D eigenvalue weighted by atomic mass is 15.2. The second-order valence-electron chi connectivity index (χ2n) is 6.37. The van der Waals surface area contributed by atoms with Crippen molar-refractivity contribution < 1.29 is 0 Å². The first-order valence-electron chi connectivity index (χ1n) is 7.95. The lowest BCUT2D eigenvalue weighted by Gasteiger charge is -2.32. The number of imidazole rings is 1. The number of nitrogens with zero attached hydrogens (tertiary/aromatic N) is 4. The van der Waals surface area contributed by atoms with Crippen LogP contribution in [0.3, 0.4) is 0 Å². The Kier molecular flexibility index (Phi) is 4.51. The predicted molar refractivity (Wildman–Crippen MR) is 84.1 cm³/mol. The smallest absolute Gasteiger partial charge is 0.233 e. The van der Waals surface area contributed by atoms with Crippen LogP contribution in [-0.2, 0) is 6.54 Å². The van der Waals surface area contributed by atoms with Crippen LogP contribution in [0.1, 0.15) is 32.4 Å². The van der Waals surface area contributed by atoms with Crippen LogP contribution in [0.5, 0.6) is 0 Å². The molecular weight excluding hydrogens is 262 g/mol. The van der Waals surface area contributed by atoms with Gasteiger partial charge in [-0.2, -0.15) is 0 Å². The van der Waals surface area contributed by atoms with Crippen molar-refractivity contribution in [2.24, 2.45) is 5.92 Å². The minimum Gasteiger partial charge on any atom is -0.314 e. The summed E-state index contributed by atoms with van der Waals surface area (Å²) in [7, 11) is 0. The zero-order chi connectivity index (χ0) is 14.7. The minimum absolute atomic E-state index is 0.574. The van der Waals surface area contributed by atoms with Crippen LogP contribution in [0.2, 0.25) is 0 Å². The SMILES string of the molecule is CC(C)NCC1CCCN(Cc2cn3cccnc3n2)C1. The number of likely N-dealkylation sites (tertiary alicyclic amines) is 1. The molecule has 5 nitrogen and oxygen atoms in total. The largest absolute Gasteiger partial charge is 0.314 e. The van der Waals surface area contributed by atoms with Gasteiger partial charge in [0.2, 0.25) is 5.78 Å². The van der Waals surface area contributed by atoms with E-state index >= 15 is 0 Å². The standard InChI is InChI=1S/C16H25N5/c1-13(2)18-9-14-5-3-7-20(10-14)11-15-12-21-8-4-6-17-16(21)19-15/h4,6,8,12-14,18H,3,5,7,9-11H2,1-2H3. The molecule has 1 unspecified atom stereocenters. The van der Waals surface area contributed by atoms with Gasteiger partial charge >= 0.3 is 0 Å². The number of hydrogen-bond donors (Lipinski definition) is 1. The van der Waals surface area contributed by atoms with E-state index in [1.807, 2.05) is 16.7 Å². The molecule has 3 heterocycles. The van der Waals surface area contributed by atoms with Gasteiger partial charge in [0.05, 0.1) is 5.69 Å². The second kappa shape index (κ2) is 6.54. The lowest BCUT2D eigenvalue weighted by Crippen LogP contribution is -2.40. The summed E-state index contributed by atoms with van der Waals surface area (Å²) in [5, 5.41) is 3.56. The van der Waals surface area contributed by atoms with E-state index in [-0.39, 0.29) is 0 Å². The zero-order valence-corrected chi connectivity index (χ0v) is 13.0. The van der Waals surface area contributed by atoms with Crippen LogP contribution < -0.4 is 5.32 Å². The van der Waals surface area contributed by atoms with Crippen LogP contribution in [-0.4, -0.2) is 44.9 Å². The van der Waals surface area contributed by atoms with Gasteiger partial charge in [0.25, 0.3) is 0 Å². The fraction of sp³-hybridized carbons (Fsp3) is 0.625. The molecular formula is C16H25N5. The highest BCUT2D eigenvalue weighted by Crippen LogP contribution is 2.18. The van der Waals surface area contributed by atoms with Crippen LogP contribution in [0.4, 0.5) is 0 Å². The molecule has 0 saturated carbocycles. The van der Waals surface area contributed by atoms with E-state index in [2.05, 4.69) is 40.2 Å². The number of nitrogens with one attached hydrogen (secondary N) is 1. The second-order valence-corrected chi connectivity index (χ2v) is 6.37. The van der Waals surface area contributed by atoms with E-state index in [1.54, 1.807) is 6.20 Å². The van der Waals surface area contributed by atoms with Gasteiger partial charge in [-0.3, -0.25) is 9.30 Å². The molecule has 0 aliphatic carbocycles. The van der Waals surface area contributed by atoms with Crippen molar-refractivity contribution in [3.05, 3.63) is 30.4 Å². The number of rotatable bonds is 5. The van der Waals surface area contributed by atoms with Crippen molar-refractivity contribution in [1.82, 2.24) is 24.6 Å². The molecule has 1 aliphatic heterocycles. The van der Waals surface area contributed by atoms with Crippen LogP contribution in [0.25, 0.3) is 5.78 Å². The molecule has 5 heteroatoms. The average Bonchev–Trinajstić information content (AvgIpc) is 2.87. The maximum atomic E-state index is 4.60. The monoisotopic (exact) mass is 287 g/mol. The van der Waals surface area contributed by atoms with E-state index in [9.17, 15) is 0 Å². The van der Waals surface area contributed by atoms with Crippen LogP contribution >= 0.6 is 0 Å². The zero-order valence-electron chi connectivity index (χ0n) is 13.0. The Labute approximate surface area is 126 Å². The summed E-state index contributed by atoms with van der Waals surface area (Å²) >= 11 is 0. The third kappa shape index (κ3) is 3.80. The van der Waals surface area contributed by atoms with Gasteiger partial charge < -0.3 is 5.32 Å². The van der Waals surface area contributed by atoms with Crippen LogP contribution in [0.15, 0.2) is 24.7 Å². The maximum Gasteiger partial charge on any atom is 0.233 e. The Hall–Kier alpha value is -1.46. The summed E-state index contributed by atoms with van der Waals surface area (Å²) in [5.41, 5.74) is 1.12. The number of fused-ring (bicyclic) bond motifs is 1. The molecule has 0 aromatic carbocycles. The molecule has 0 radical (unpaired) electrons. The third-order valence-electron chi connectivity index (χ3n) is 4.09. The molecule has 1 fully saturated rings. The summed E-state index contributed by atoms with van der Waals surface area (Å²) in [6, 6.07) is 2.51. The van der Waals surface area contributed by atoms with E-state index in [1.165, 1.54) is 25.9 Å². The molecule has 0 amide bonds. The fourth-order valence-electron chi connectivity index (χ4n) is 3.05. The predicted octanol–water partition coefficient (Wildman–Crippen LogP) is 1.94. The molecule has 0 spiro atoms. The van der Waals surface area contributed by atoms with Crippen molar-refractivity contribution in [1.29, 1.82) is 0 Å². The summed E-state index contributed by atoms with van der Waals surface area (Å²) in [6.07, 6.45) is 8.52. The molecule has 1 atom stereocenters. The first kappa shape index (κ1) is 14.5. The Bertz CT molecular complexity index is 544. The quantitative estimate of drug-likeness (QED) is 0.913. The maximum absolute atomic E-state index is 4.60. The van der Waals surface area contributed by atoms with E-state index in [0.29, 0.717) is 6.04 Å². The van der Waals surface area contributed by atoms with Gasteiger partial charge in [0, 0.05) is 37.7 Å². The minimum atomic E-state index is 0.574. The molecule has 1 N–H and O–H groups in total. The van der Waals surface area contributed by atoms with Crippen molar-refractivity contribution in [2.75, 3.05) is 19.6 Å². The molecule has 114 valence electrons. The highest BCUT2D eigenvalue weighted by Gasteiger charge is 2.20. The Balaban J connectivity index is 1.59. The number of aromatic nitrogens is 3.